The molecule has 4 aromatic heterocycles. The van der Waals surface area contributed by atoms with Gasteiger partial charge in [0.2, 0.25) is 5.95 Å². The lowest BCUT2D eigenvalue weighted by Gasteiger charge is -2.34. The number of hydrogen-bond donors (Lipinski definition) is 2. The molecule has 1 aliphatic rings. The molecule has 0 aliphatic carbocycles. The first-order valence-electron chi connectivity index (χ1n) is 11.7. The zero-order valence-corrected chi connectivity index (χ0v) is 19.6. The van der Waals surface area contributed by atoms with E-state index < -0.39 is 0 Å². The Hall–Kier alpha value is -4.51. The van der Waals surface area contributed by atoms with Crippen LogP contribution in [0.5, 0.6) is 0 Å². The van der Waals surface area contributed by atoms with E-state index >= 15 is 0 Å². The van der Waals surface area contributed by atoms with E-state index in [2.05, 4.69) is 35.3 Å². The van der Waals surface area contributed by atoms with Gasteiger partial charge in [-0.2, -0.15) is 4.98 Å². The smallest absolute Gasteiger partial charge is 0.289 e. The molecule has 182 valence electrons. The van der Waals surface area contributed by atoms with Gasteiger partial charge >= 0.3 is 0 Å². The summed E-state index contributed by atoms with van der Waals surface area (Å²) in [5.41, 5.74) is 3.62. The predicted octanol–water partition coefficient (Wildman–Crippen LogP) is 3.61. The number of pyridine rings is 1. The second-order valence-corrected chi connectivity index (χ2v) is 8.68. The molecule has 1 aliphatic heterocycles. The Bertz CT molecular complexity index is 1500. The SMILES string of the molecule is Cc1noc(-c2ccc3nc(Nc4cc(CN5CCN(C(=O)c6ccco6)CC5)ccn4)[nH]c3c2)n1. The third-order valence-corrected chi connectivity index (χ3v) is 6.12. The topological polar surface area (TPSA) is 129 Å². The van der Waals surface area contributed by atoms with Crippen LogP contribution in [-0.4, -0.2) is 67.0 Å². The highest BCUT2D eigenvalue weighted by Crippen LogP contribution is 2.24. The van der Waals surface area contributed by atoms with Crippen molar-refractivity contribution in [2.45, 2.75) is 13.5 Å². The lowest BCUT2D eigenvalue weighted by atomic mass is 10.2. The summed E-state index contributed by atoms with van der Waals surface area (Å²) < 4.78 is 10.5. The Labute approximate surface area is 206 Å². The normalized spacial score (nSPS) is 14.4. The van der Waals surface area contributed by atoms with E-state index in [-0.39, 0.29) is 5.91 Å². The third kappa shape index (κ3) is 4.56. The minimum Gasteiger partial charge on any atom is -0.459 e. The maximum atomic E-state index is 12.5. The fourth-order valence-corrected chi connectivity index (χ4v) is 4.30. The first-order valence-corrected chi connectivity index (χ1v) is 11.7. The summed E-state index contributed by atoms with van der Waals surface area (Å²) in [6.45, 7) is 5.48. The van der Waals surface area contributed by atoms with Crippen LogP contribution in [0.4, 0.5) is 11.8 Å². The molecule has 0 atom stereocenters. The number of aryl methyl sites for hydroxylation is 1. The quantitative estimate of drug-likeness (QED) is 0.371. The molecule has 0 unspecified atom stereocenters. The molecule has 11 nitrogen and oxygen atoms in total. The summed E-state index contributed by atoms with van der Waals surface area (Å²) in [6.07, 6.45) is 3.31. The zero-order valence-electron chi connectivity index (χ0n) is 19.6. The van der Waals surface area contributed by atoms with Crippen molar-refractivity contribution in [2.24, 2.45) is 0 Å². The second-order valence-electron chi connectivity index (χ2n) is 8.68. The van der Waals surface area contributed by atoms with Crippen LogP contribution in [-0.2, 0) is 6.54 Å². The van der Waals surface area contributed by atoms with E-state index in [0.29, 0.717) is 42.3 Å². The highest BCUT2D eigenvalue weighted by atomic mass is 16.5. The average molecular weight is 485 g/mol. The monoisotopic (exact) mass is 484 g/mol. The van der Waals surface area contributed by atoms with Crippen molar-refractivity contribution < 1.29 is 13.7 Å². The zero-order chi connectivity index (χ0) is 24.5. The van der Waals surface area contributed by atoms with E-state index in [1.807, 2.05) is 35.2 Å². The van der Waals surface area contributed by atoms with Gasteiger partial charge in [0.05, 0.1) is 17.3 Å². The number of benzene rings is 1. The van der Waals surface area contributed by atoms with Crippen LogP contribution < -0.4 is 5.32 Å². The maximum Gasteiger partial charge on any atom is 0.289 e. The number of rotatable bonds is 6. The van der Waals surface area contributed by atoms with Gasteiger partial charge in [0.15, 0.2) is 11.6 Å². The van der Waals surface area contributed by atoms with Crippen LogP contribution in [0.25, 0.3) is 22.5 Å². The standard InChI is InChI=1S/C25H24N8O3/c1-16-27-23(36-31-16)18-4-5-19-20(14-18)29-25(28-19)30-22-13-17(6-7-26-22)15-32-8-10-33(11-9-32)24(34)21-3-2-12-35-21/h2-7,12-14H,8-11,15H2,1H3,(H2,26,28,29,30). The maximum absolute atomic E-state index is 12.5. The number of imidazole rings is 1. The third-order valence-electron chi connectivity index (χ3n) is 6.12. The van der Waals surface area contributed by atoms with Crippen molar-refractivity contribution >= 4 is 28.7 Å². The highest BCUT2D eigenvalue weighted by molar-refractivity contribution is 5.91. The minimum absolute atomic E-state index is 0.0554. The molecule has 11 heteroatoms. The molecule has 2 N–H and O–H groups in total. The molecular formula is C25H24N8O3. The molecule has 5 aromatic rings. The molecule has 5 heterocycles. The van der Waals surface area contributed by atoms with Gasteiger partial charge in [-0.25, -0.2) is 9.97 Å². The number of piperazine rings is 1. The number of aromatic amines is 1. The summed E-state index contributed by atoms with van der Waals surface area (Å²) in [5, 5.41) is 7.11. The Morgan fingerprint density at radius 3 is 2.78 bits per heavy atom. The van der Waals surface area contributed by atoms with Crippen LogP contribution in [0.3, 0.4) is 0 Å². The van der Waals surface area contributed by atoms with Gasteiger partial charge in [-0.15, -0.1) is 0 Å². The van der Waals surface area contributed by atoms with Crippen molar-refractivity contribution in [1.82, 2.24) is 34.9 Å². The van der Waals surface area contributed by atoms with Gasteiger partial charge in [0.25, 0.3) is 11.8 Å². The van der Waals surface area contributed by atoms with Crippen LogP contribution >= 0.6 is 0 Å². The van der Waals surface area contributed by atoms with Gasteiger partial charge in [-0.05, 0) is 55.0 Å². The summed E-state index contributed by atoms with van der Waals surface area (Å²) in [4.78, 5) is 33.3. The number of H-pyrrole nitrogens is 1. The van der Waals surface area contributed by atoms with Gasteiger partial charge < -0.3 is 24.1 Å². The van der Waals surface area contributed by atoms with E-state index in [4.69, 9.17) is 8.94 Å². The largest absolute Gasteiger partial charge is 0.459 e. The first-order chi connectivity index (χ1) is 17.6. The number of furan rings is 1. The highest BCUT2D eigenvalue weighted by Gasteiger charge is 2.23. The summed E-state index contributed by atoms with van der Waals surface area (Å²) in [7, 11) is 0. The van der Waals surface area contributed by atoms with Crippen LogP contribution in [0, 0.1) is 6.92 Å². The number of anilines is 2. The molecule has 0 bridgehead atoms. The number of amides is 1. The number of hydrogen-bond acceptors (Lipinski definition) is 9. The summed E-state index contributed by atoms with van der Waals surface area (Å²) >= 11 is 0. The van der Waals surface area contributed by atoms with Crippen molar-refractivity contribution in [2.75, 3.05) is 31.5 Å². The summed E-state index contributed by atoms with van der Waals surface area (Å²) in [6, 6.07) is 13.2. The van der Waals surface area contributed by atoms with Crippen LogP contribution in [0.2, 0.25) is 0 Å². The molecule has 1 fully saturated rings. The van der Waals surface area contributed by atoms with Crippen LogP contribution in [0.1, 0.15) is 21.9 Å². The van der Waals surface area contributed by atoms with Crippen molar-refractivity contribution in [1.29, 1.82) is 0 Å². The van der Waals surface area contributed by atoms with E-state index in [1.54, 1.807) is 25.3 Å². The van der Waals surface area contributed by atoms with Crippen molar-refractivity contribution in [3.05, 3.63) is 72.1 Å². The van der Waals surface area contributed by atoms with Crippen molar-refractivity contribution in [3.8, 4) is 11.5 Å². The van der Waals surface area contributed by atoms with Gasteiger partial charge in [0, 0.05) is 44.5 Å². The van der Waals surface area contributed by atoms with E-state index in [9.17, 15) is 4.79 Å². The Kier molecular flexibility index (Phi) is 5.66. The van der Waals surface area contributed by atoms with E-state index in [1.165, 1.54) is 6.26 Å². The second kappa shape index (κ2) is 9.27. The first kappa shape index (κ1) is 22.0. The lowest BCUT2D eigenvalue weighted by Crippen LogP contribution is -2.48. The molecule has 0 saturated carbocycles. The number of aromatic nitrogens is 5. The van der Waals surface area contributed by atoms with Gasteiger partial charge in [-0.1, -0.05) is 5.16 Å². The van der Waals surface area contributed by atoms with Gasteiger partial charge in [0.1, 0.15) is 5.82 Å². The Morgan fingerprint density at radius 1 is 1.11 bits per heavy atom. The number of fused-ring (bicyclic) bond motifs is 1. The number of carbonyl (C=O) groups is 1. The molecular weight excluding hydrogens is 460 g/mol. The van der Waals surface area contributed by atoms with Crippen LogP contribution in [0.15, 0.2) is 63.9 Å². The molecule has 0 radical (unpaired) electrons. The Balaban J connectivity index is 1.09. The molecule has 1 amide bonds. The fourth-order valence-electron chi connectivity index (χ4n) is 4.30. The number of carbonyl (C=O) groups excluding carboxylic acids is 1. The van der Waals surface area contributed by atoms with Crippen molar-refractivity contribution in [3.63, 3.8) is 0 Å². The molecule has 36 heavy (non-hydrogen) atoms. The molecule has 1 saturated heterocycles. The fraction of sp³-hybridized carbons (Fsp3) is 0.240. The van der Waals surface area contributed by atoms with Gasteiger partial charge in [-0.3, -0.25) is 9.69 Å². The molecule has 6 rings (SSSR count). The number of nitrogens with zero attached hydrogens (tertiary/aromatic N) is 6. The number of nitrogens with one attached hydrogen (secondary N) is 2. The Morgan fingerprint density at radius 2 is 2.00 bits per heavy atom. The molecule has 1 aromatic carbocycles. The van der Waals surface area contributed by atoms with E-state index in [0.717, 1.165) is 41.8 Å². The minimum atomic E-state index is -0.0554. The lowest BCUT2D eigenvalue weighted by molar-refractivity contribution is 0.0598. The molecule has 0 spiro atoms. The summed E-state index contributed by atoms with van der Waals surface area (Å²) in [5.74, 6) is 2.69. The average Bonchev–Trinajstić information content (AvgIpc) is 3.65. The predicted molar refractivity (Wildman–Crippen MR) is 132 cm³/mol.